The van der Waals surface area contributed by atoms with Gasteiger partial charge in [-0.2, -0.15) is 18.3 Å². The number of nitrogens with zero attached hydrogens (tertiary/aromatic N) is 3. The topological polar surface area (TPSA) is 118 Å². The number of aryl methyl sites for hydroxylation is 1. The summed E-state index contributed by atoms with van der Waals surface area (Å²) in [5.74, 6) is -0.304. The van der Waals surface area contributed by atoms with Gasteiger partial charge in [0.15, 0.2) is 5.60 Å². The van der Waals surface area contributed by atoms with E-state index < -0.39 is 30.4 Å². The van der Waals surface area contributed by atoms with Crippen LogP contribution in [-0.4, -0.2) is 37.2 Å². The Labute approximate surface area is 170 Å². The summed E-state index contributed by atoms with van der Waals surface area (Å²) in [5, 5.41) is 17.0. The summed E-state index contributed by atoms with van der Waals surface area (Å²) in [7, 11) is 0. The van der Waals surface area contributed by atoms with Gasteiger partial charge in [-0.15, -0.1) is 0 Å². The van der Waals surface area contributed by atoms with Crippen molar-refractivity contribution in [3.05, 3.63) is 47.9 Å². The minimum Gasteiger partial charge on any atom is -0.382 e. The van der Waals surface area contributed by atoms with E-state index in [0.717, 1.165) is 0 Å². The monoisotopic (exact) mass is 419 g/mol. The summed E-state index contributed by atoms with van der Waals surface area (Å²) >= 11 is 0. The molecular weight excluding hydrogens is 399 g/mol. The molecule has 0 saturated heterocycles. The van der Waals surface area contributed by atoms with E-state index in [2.05, 4.69) is 20.2 Å². The maximum atomic E-state index is 13.8. The first-order valence-corrected chi connectivity index (χ1v) is 9.04. The second kappa shape index (κ2) is 7.86. The molecule has 0 bridgehead atoms. The van der Waals surface area contributed by atoms with Crippen molar-refractivity contribution in [3.8, 4) is 22.5 Å². The van der Waals surface area contributed by atoms with E-state index in [1.54, 1.807) is 13.1 Å². The molecule has 7 nitrogen and oxygen atoms in total. The highest BCUT2D eigenvalue weighted by Crippen LogP contribution is 2.43. The number of aliphatic hydroxyl groups is 1. The van der Waals surface area contributed by atoms with E-state index in [1.165, 1.54) is 37.5 Å². The Kier molecular flexibility index (Phi) is 5.62. The number of nitrogen functional groups attached to an aromatic ring is 1. The fourth-order valence-corrected chi connectivity index (χ4v) is 3.08. The molecule has 0 aliphatic carbocycles. The van der Waals surface area contributed by atoms with E-state index >= 15 is 0 Å². The fourth-order valence-electron chi connectivity index (χ4n) is 3.08. The third kappa shape index (κ3) is 4.04. The van der Waals surface area contributed by atoms with Gasteiger partial charge < -0.3 is 15.6 Å². The Morgan fingerprint density at radius 1 is 1.27 bits per heavy atom. The van der Waals surface area contributed by atoms with E-state index in [0.29, 0.717) is 22.4 Å². The molecule has 1 aromatic carbocycles. The Morgan fingerprint density at radius 2 is 2.00 bits per heavy atom. The maximum absolute atomic E-state index is 13.8. The first kappa shape index (κ1) is 21.4. The number of nitrogens with one attached hydrogen (secondary N) is 1. The van der Waals surface area contributed by atoms with Crippen LogP contribution in [0.3, 0.4) is 0 Å². The van der Waals surface area contributed by atoms with Crippen LogP contribution in [0.1, 0.15) is 30.9 Å². The summed E-state index contributed by atoms with van der Waals surface area (Å²) in [5.41, 5.74) is 4.52. The lowest BCUT2D eigenvalue weighted by Crippen LogP contribution is -2.42. The third-order valence-electron chi connectivity index (χ3n) is 4.87. The molecule has 3 aromatic rings. The summed E-state index contributed by atoms with van der Waals surface area (Å²) in [4.78, 5) is 19.8. The van der Waals surface area contributed by atoms with E-state index in [1.807, 2.05) is 0 Å². The summed E-state index contributed by atoms with van der Waals surface area (Å²) in [6.45, 7) is 2.88. The molecule has 0 aliphatic heterocycles. The molecule has 158 valence electrons. The highest BCUT2D eigenvalue weighted by Gasteiger charge is 2.54. The van der Waals surface area contributed by atoms with Gasteiger partial charge in [0, 0.05) is 23.7 Å². The predicted octanol–water partition coefficient (Wildman–Crippen LogP) is 3.54. The number of nitrogens with two attached hydrogens (primary N) is 1. The molecule has 4 N–H and O–H groups in total. The molecular formula is C20H20F3N5O2. The van der Waals surface area contributed by atoms with Crippen LogP contribution >= 0.6 is 0 Å². The highest BCUT2D eigenvalue weighted by atomic mass is 19.4. The Morgan fingerprint density at radius 3 is 2.60 bits per heavy atom. The average molecular weight is 419 g/mol. The normalized spacial score (nSPS) is 13.8. The van der Waals surface area contributed by atoms with Crippen molar-refractivity contribution in [2.24, 2.45) is 0 Å². The highest BCUT2D eigenvalue weighted by molar-refractivity contribution is 5.76. The number of carbonyl (C=O) groups is 1. The molecule has 2 heterocycles. The number of hydrogen-bond donors (Lipinski definition) is 3. The summed E-state index contributed by atoms with van der Waals surface area (Å²) in [6.07, 6.45) is -1.74. The minimum absolute atomic E-state index is 0.141. The second-order valence-electron chi connectivity index (χ2n) is 7.07. The predicted molar refractivity (Wildman–Crippen MR) is 104 cm³/mol. The van der Waals surface area contributed by atoms with E-state index in [9.17, 15) is 23.1 Å². The second-order valence-corrected chi connectivity index (χ2v) is 7.07. The van der Waals surface area contributed by atoms with Gasteiger partial charge in [0.2, 0.25) is 0 Å². The Balaban J connectivity index is 2.11. The van der Waals surface area contributed by atoms with Crippen molar-refractivity contribution in [1.82, 2.24) is 20.2 Å². The summed E-state index contributed by atoms with van der Waals surface area (Å²) in [6, 6.07) is 3.89. The number of benzene rings is 1. The van der Waals surface area contributed by atoms with Crippen molar-refractivity contribution >= 4 is 11.6 Å². The Hall–Kier alpha value is -3.27. The van der Waals surface area contributed by atoms with Crippen molar-refractivity contribution < 1.29 is 23.1 Å². The van der Waals surface area contributed by atoms with Gasteiger partial charge in [-0.3, -0.25) is 5.10 Å². The molecule has 0 fully saturated rings. The van der Waals surface area contributed by atoms with Crippen LogP contribution in [0.25, 0.3) is 22.5 Å². The molecule has 0 radical (unpaired) electrons. The number of aromatic amines is 1. The number of alkyl halides is 3. The fraction of sp³-hybridized carbons (Fsp3) is 0.300. The quantitative estimate of drug-likeness (QED) is 0.563. The van der Waals surface area contributed by atoms with Crippen LogP contribution < -0.4 is 5.73 Å². The van der Waals surface area contributed by atoms with E-state index in [4.69, 9.17) is 5.73 Å². The lowest BCUT2D eigenvalue weighted by atomic mass is 9.85. The van der Waals surface area contributed by atoms with Gasteiger partial charge in [-0.25, -0.2) is 9.97 Å². The van der Waals surface area contributed by atoms with Gasteiger partial charge in [0.1, 0.15) is 17.3 Å². The number of Topliss-reactive ketones (excluding diaryl/α,β-unsaturated/α-hetero) is 1. The number of aromatic nitrogens is 4. The van der Waals surface area contributed by atoms with Crippen LogP contribution in [0.2, 0.25) is 0 Å². The van der Waals surface area contributed by atoms with Crippen LogP contribution in [0.5, 0.6) is 0 Å². The first-order chi connectivity index (χ1) is 14.0. The molecule has 1 atom stereocenters. The minimum atomic E-state index is -4.97. The number of rotatable bonds is 6. The van der Waals surface area contributed by atoms with Gasteiger partial charge in [0.25, 0.3) is 0 Å². The maximum Gasteiger partial charge on any atom is 0.421 e. The van der Waals surface area contributed by atoms with Crippen LogP contribution in [0.15, 0.2) is 36.8 Å². The third-order valence-corrected chi connectivity index (χ3v) is 4.87. The van der Waals surface area contributed by atoms with Gasteiger partial charge in [-0.1, -0.05) is 12.1 Å². The lowest BCUT2D eigenvalue weighted by Gasteiger charge is -2.31. The first-order valence-electron chi connectivity index (χ1n) is 9.04. The number of hydrogen-bond acceptors (Lipinski definition) is 6. The zero-order valence-electron chi connectivity index (χ0n) is 16.3. The summed E-state index contributed by atoms with van der Waals surface area (Å²) < 4.78 is 41.3. The van der Waals surface area contributed by atoms with Gasteiger partial charge in [0.05, 0.1) is 18.1 Å². The molecule has 0 aliphatic rings. The SMILES string of the molecule is CC(=O)CCC(O)(c1ccc(C)c(-c2cnc(N)c(-c3cn[nH]c3)n2)c1)C(F)(F)F. The molecule has 0 saturated carbocycles. The zero-order chi connectivity index (χ0) is 22.1. The van der Waals surface area contributed by atoms with Crippen molar-refractivity contribution in [2.75, 3.05) is 5.73 Å². The lowest BCUT2D eigenvalue weighted by molar-refractivity contribution is -0.269. The number of H-pyrrole nitrogens is 1. The molecule has 10 heteroatoms. The molecule has 2 aromatic heterocycles. The number of ketones is 1. The average Bonchev–Trinajstić information content (AvgIpc) is 3.20. The number of carbonyl (C=O) groups excluding carboxylic acids is 1. The van der Waals surface area contributed by atoms with Crippen LogP contribution in [-0.2, 0) is 10.4 Å². The van der Waals surface area contributed by atoms with Gasteiger partial charge >= 0.3 is 6.18 Å². The number of anilines is 1. The van der Waals surface area contributed by atoms with Crippen molar-refractivity contribution in [1.29, 1.82) is 0 Å². The van der Waals surface area contributed by atoms with Crippen molar-refractivity contribution in [3.63, 3.8) is 0 Å². The molecule has 0 spiro atoms. The molecule has 0 amide bonds. The van der Waals surface area contributed by atoms with Crippen molar-refractivity contribution in [2.45, 2.75) is 38.5 Å². The smallest absolute Gasteiger partial charge is 0.382 e. The van der Waals surface area contributed by atoms with Crippen LogP contribution in [0.4, 0.5) is 19.0 Å². The molecule has 3 rings (SSSR count). The Bertz CT molecular complexity index is 1070. The standard InChI is InChI=1S/C20H20F3N5O2/c1-11-3-4-14(19(30,20(21,22)23)6-5-12(2)29)7-15(11)16-10-25-18(24)17(28-16)13-8-26-27-9-13/h3-4,7-10,30H,5-6H2,1-2H3,(H2,24,25)(H,26,27). The van der Waals surface area contributed by atoms with Crippen LogP contribution in [0, 0.1) is 6.92 Å². The molecule has 30 heavy (non-hydrogen) atoms. The van der Waals surface area contributed by atoms with Gasteiger partial charge in [-0.05, 0) is 37.5 Å². The zero-order valence-corrected chi connectivity index (χ0v) is 16.3. The largest absolute Gasteiger partial charge is 0.421 e. The van der Waals surface area contributed by atoms with E-state index in [-0.39, 0.29) is 17.1 Å². The molecule has 1 unspecified atom stereocenters. The number of halogens is 3.